The largest absolute Gasteiger partial charge is 0.496 e. The number of nitrogens with zero attached hydrogens (tertiary/aromatic N) is 1. The minimum Gasteiger partial charge on any atom is -0.496 e. The molecule has 0 spiro atoms. The van der Waals surface area contributed by atoms with Crippen LogP contribution in [-0.2, 0) is 22.3 Å². The average molecular weight is 392 g/mol. The van der Waals surface area contributed by atoms with Crippen LogP contribution in [0.1, 0.15) is 17.5 Å². The van der Waals surface area contributed by atoms with Gasteiger partial charge in [0.15, 0.2) is 0 Å². The first-order valence-corrected chi connectivity index (χ1v) is 8.67. The van der Waals surface area contributed by atoms with Gasteiger partial charge in [0, 0.05) is 30.8 Å². The summed E-state index contributed by atoms with van der Waals surface area (Å²) in [4.78, 5) is 26.0. The van der Waals surface area contributed by atoms with Crippen LogP contribution in [0, 0.1) is 5.92 Å². The Morgan fingerprint density at radius 1 is 1.21 bits per heavy atom. The van der Waals surface area contributed by atoms with Crippen molar-refractivity contribution in [3.8, 4) is 5.75 Å². The third kappa shape index (κ3) is 4.27. The number of anilines is 1. The molecule has 2 aromatic rings. The maximum absolute atomic E-state index is 12.9. The minimum atomic E-state index is -4.50. The Labute approximate surface area is 160 Å². The van der Waals surface area contributed by atoms with Crippen molar-refractivity contribution < 1.29 is 27.5 Å². The number of para-hydroxylation sites is 1. The summed E-state index contributed by atoms with van der Waals surface area (Å²) in [6.45, 7) is 0.273. The van der Waals surface area contributed by atoms with E-state index in [4.69, 9.17) is 4.74 Å². The summed E-state index contributed by atoms with van der Waals surface area (Å²) < 4.78 is 43.9. The molecule has 0 unspecified atom stereocenters. The van der Waals surface area contributed by atoms with Gasteiger partial charge in [-0.25, -0.2) is 0 Å². The molecule has 3 rings (SSSR count). The van der Waals surface area contributed by atoms with Crippen molar-refractivity contribution in [2.45, 2.75) is 19.1 Å². The fraction of sp³-hybridized carbons (Fsp3) is 0.300. The van der Waals surface area contributed by atoms with E-state index < -0.39 is 17.7 Å². The van der Waals surface area contributed by atoms with Gasteiger partial charge in [-0.05, 0) is 24.3 Å². The van der Waals surface area contributed by atoms with Gasteiger partial charge >= 0.3 is 6.18 Å². The van der Waals surface area contributed by atoms with Crippen molar-refractivity contribution in [1.82, 2.24) is 5.32 Å². The number of carbonyl (C=O) groups is 2. The third-order valence-corrected chi connectivity index (χ3v) is 4.63. The van der Waals surface area contributed by atoms with Crippen molar-refractivity contribution in [3.05, 3.63) is 59.7 Å². The van der Waals surface area contributed by atoms with Crippen LogP contribution in [0.25, 0.3) is 0 Å². The number of alkyl halides is 3. The number of rotatable bonds is 5. The molecule has 1 fully saturated rings. The summed E-state index contributed by atoms with van der Waals surface area (Å²) in [6, 6.07) is 11.8. The molecule has 148 valence electrons. The van der Waals surface area contributed by atoms with Gasteiger partial charge in [-0.3, -0.25) is 9.59 Å². The van der Waals surface area contributed by atoms with Gasteiger partial charge in [-0.2, -0.15) is 13.2 Å². The Hall–Kier alpha value is -3.03. The van der Waals surface area contributed by atoms with Crippen LogP contribution in [0.15, 0.2) is 48.5 Å². The number of carbonyl (C=O) groups excluding carboxylic acids is 2. The summed E-state index contributed by atoms with van der Waals surface area (Å²) in [7, 11) is 1.53. The molecule has 0 radical (unpaired) electrons. The zero-order valence-electron chi connectivity index (χ0n) is 15.1. The van der Waals surface area contributed by atoms with Crippen LogP contribution in [0.2, 0.25) is 0 Å². The van der Waals surface area contributed by atoms with Crippen LogP contribution in [-0.4, -0.2) is 25.5 Å². The molecule has 1 aliphatic rings. The van der Waals surface area contributed by atoms with E-state index in [0.717, 1.165) is 17.7 Å². The maximum atomic E-state index is 12.9. The topological polar surface area (TPSA) is 58.6 Å². The molecule has 8 heteroatoms. The van der Waals surface area contributed by atoms with Crippen molar-refractivity contribution in [2.75, 3.05) is 18.6 Å². The quantitative estimate of drug-likeness (QED) is 0.849. The van der Waals surface area contributed by atoms with Crippen molar-refractivity contribution >= 4 is 17.5 Å². The highest BCUT2D eigenvalue weighted by Gasteiger charge is 2.36. The molecule has 28 heavy (non-hydrogen) atoms. The Balaban J connectivity index is 1.66. The molecule has 1 atom stereocenters. The van der Waals surface area contributed by atoms with Crippen LogP contribution in [0.5, 0.6) is 5.75 Å². The number of ether oxygens (including phenoxy) is 1. The van der Waals surface area contributed by atoms with Crippen LogP contribution >= 0.6 is 0 Å². The lowest BCUT2D eigenvalue weighted by atomic mass is 10.1. The summed E-state index contributed by atoms with van der Waals surface area (Å²) in [5.74, 6) is -0.696. The molecule has 1 saturated heterocycles. The zero-order valence-corrected chi connectivity index (χ0v) is 15.1. The zero-order chi connectivity index (χ0) is 20.3. The fourth-order valence-electron chi connectivity index (χ4n) is 3.16. The number of halogens is 3. The smallest absolute Gasteiger partial charge is 0.416 e. The first kappa shape index (κ1) is 19.7. The molecule has 1 N–H and O–H groups in total. The van der Waals surface area contributed by atoms with Crippen LogP contribution in [0.4, 0.5) is 18.9 Å². The number of hydrogen-bond acceptors (Lipinski definition) is 3. The van der Waals surface area contributed by atoms with Crippen molar-refractivity contribution in [3.63, 3.8) is 0 Å². The van der Waals surface area contributed by atoms with E-state index in [1.165, 1.54) is 24.1 Å². The summed E-state index contributed by atoms with van der Waals surface area (Å²) in [5.41, 5.74) is 0.0964. The number of methoxy groups -OCH3 is 1. The lowest BCUT2D eigenvalue weighted by molar-refractivity contribution is -0.137. The molecule has 0 bridgehead atoms. The fourth-order valence-corrected chi connectivity index (χ4v) is 3.16. The predicted octanol–water partition coefficient (Wildman–Crippen LogP) is 3.38. The third-order valence-electron chi connectivity index (χ3n) is 4.63. The Morgan fingerprint density at radius 3 is 2.68 bits per heavy atom. The molecule has 0 aliphatic carbocycles. The van der Waals surface area contributed by atoms with Crippen LogP contribution in [0.3, 0.4) is 0 Å². The number of hydrogen-bond donors (Lipinski definition) is 1. The van der Waals surface area contributed by atoms with Gasteiger partial charge in [-0.1, -0.05) is 24.3 Å². The van der Waals surface area contributed by atoms with Gasteiger partial charge < -0.3 is 15.0 Å². The monoisotopic (exact) mass is 392 g/mol. The second-order valence-electron chi connectivity index (χ2n) is 6.48. The highest BCUT2D eigenvalue weighted by molar-refractivity contribution is 6.00. The molecule has 2 amide bonds. The first-order valence-electron chi connectivity index (χ1n) is 8.67. The SMILES string of the molecule is COc1ccccc1CNC(=O)[C@@H]1CC(=O)N(c2cccc(C(F)(F)F)c2)C1. The normalized spacial score (nSPS) is 16.9. The summed E-state index contributed by atoms with van der Waals surface area (Å²) >= 11 is 0. The molecule has 1 aliphatic heterocycles. The second-order valence-corrected chi connectivity index (χ2v) is 6.48. The Bertz CT molecular complexity index is 883. The van der Waals surface area contributed by atoms with E-state index in [1.807, 2.05) is 18.2 Å². The predicted molar refractivity (Wildman–Crippen MR) is 96.7 cm³/mol. The van der Waals surface area contributed by atoms with Crippen molar-refractivity contribution in [1.29, 1.82) is 0 Å². The molecule has 1 heterocycles. The number of benzene rings is 2. The average Bonchev–Trinajstić information content (AvgIpc) is 3.07. The maximum Gasteiger partial charge on any atom is 0.416 e. The first-order chi connectivity index (χ1) is 13.3. The second kappa shape index (κ2) is 7.92. The van der Waals surface area contributed by atoms with Crippen LogP contribution < -0.4 is 15.0 Å². The standard InChI is InChI=1S/C20H19F3N2O3/c1-28-17-8-3-2-5-13(17)11-24-19(27)14-9-18(26)25(12-14)16-7-4-6-15(10-16)20(21,22)23/h2-8,10,14H,9,11-12H2,1H3,(H,24,27)/t14-/m1/s1. The van der Waals surface area contributed by atoms with E-state index in [1.54, 1.807) is 6.07 Å². The van der Waals surface area contributed by atoms with E-state index in [-0.39, 0.29) is 37.0 Å². The van der Waals surface area contributed by atoms with Gasteiger partial charge in [0.2, 0.25) is 11.8 Å². The van der Waals surface area contributed by atoms with Crippen molar-refractivity contribution in [2.24, 2.45) is 5.92 Å². The lowest BCUT2D eigenvalue weighted by Crippen LogP contribution is -2.32. The molecule has 5 nitrogen and oxygen atoms in total. The van der Waals surface area contributed by atoms with Gasteiger partial charge in [0.25, 0.3) is 0 Å². The van der Waals surface area contributed by atoms with E-state index in [9.17, 15) is 22.8 Å². The number of amides is 2. The molecule has 0 aromatic heterocycles. The molecular weight excluding hydrogens is 373 g/mol. The number of nitrogens with one attached hydrogen (secondary N) is 1. The van der Waals surface area contributed by atoms with E-state index >= 15 is 0 Å². The van der Waals surface area contributed by atoms with E-state index in [0.29, 0.717) is 5.75 Å². The highest BCUT2D eigenvalue weighted by Crippen LogP contribution is 2.33. The molecule has 2 aromatic carbocycles. The highest BCUT2D eigenvalue weighted by atomic mass is 19.4. The molecular formula is C20H19F3N2O3. The van der Waals surface area contributed by atoms with Gasteiger partial charge in [-0.15, -0.1) is 0 Å². The lowest BCUT2D eigenvalue weighted by Gasteiger charge is -2.18. The van der Waals surface area contributed by atoms with Gasteiger partial charge in [0.1, 0.15) is 5.75 Å². The Morgan fingerprint density at radius 2 is 1.96 bits per heavy atom. The summed E-state index contributed by atoms with van der Waals surface area (Å²) in [5, 5.41) is 2.77. The summed E-state index contributed by atoms with van der Waals surface area (Å²) in [6.07, 6.45) is -4.54. The minimum absolute atomic E-state index is 0.0396. The van der Waals surface area contributed by atoms with E-state index in [2.05, 4.69) is 5.32 Å². The Kier molecular flexibility index (Phi) is 5.58. The van der Waals surface area contributed by atoms with Gasteiger partial charge in [0.05, 0.1) is 18.6 Å². The molecule has 0 saturated carbocycles.